The SMILES string of the molecule is Cc1nn(-c2ccccc2)c(C)c1CNC(=O)NCc1ccncc1. The molecule has 0 saturated heterocycles. The molecule has 2 amide bonds. The summed E-state index contributed by atoms with van der Waals surface area (Å²) >= 11 is 0. The molecule has 0 unspecified atom stereocenters. The molecule has 2 N–H and O–H groups in total. The minimum atomic E-state index is -0.205. The Hall–Kier alpha value is -3.15. The summed E-state index contributed by atoms with van der Waals surface area (Å²) in [5, 5.41) is 10.3. The topological polar surface area (TPSA) is 71.8 Å². The normalized spacial score (nSPS) is 10.5. The molecule has 25 heavy (non-hydrogen) atoms. The molecule has 6 heteroatoms. The Morgan fingerprint density at radius 1 is 1.00 bits per heavy atom. The summed E-state index contributed by atoms with van der Waals surface area (Å²) in [6.45, 7) is 4.87. The monoisotopic (exact) mass is 335 g/mol. The standard InChI is InChI=1S/C19H21N5O/c1-14-18(15(2)24(23-14)17-6-4-3-5-7-17)13-22-19(25)21-12-16-8-10-20-11-9-16/h3-11H,12-13H2,1-2H3,(H2,21,22,25). The van der Waals surface area contributed by atoms with Crippen molar-refractivity contribution in [2.75, 3.05) is 0 Å². The Morgan fingerprint density at radius 3 is 2.40 bits per heavy atom. The van der Waals surface area contributed by atoms with Crippen molar-refractivity contribution < 1.29 is 4.79 Å². The fourth-order valence-corrected chi connectivity index (χ4v) is 2.67. The van der Waals surface area contributed by atoms with Crippen LogP contribution in [0.25, 0.3) is 5.69 Å². The third-order valence-electron chi connectivity index (χ3n) is 4.07. The number of urea groups is 1. The van der Waals surface area contributed by atoms with Crippen LogP contribution in [-0.4, -0.2) is 20.8 Å². The highest BCUT2D eigenvalue weighted by atomic mass is 16.2. The number of hydrogen-bond donors (Lipinski definition) is 2. The highest BCUT2D eigenvalue weighted by Gasteiger charge is 2.13. The van der Waals surface area contributed by atoms with Crippen molar-refractivity contribution in [1.29, 1.82) is 0 Å². The maximum Gasteiger partial charge on any atom is 0.315 e. The summed E-state index contributed by atoms with van der Waals surface area (Å²) in [5.74, 6) is 0. The van der Waals surface area contributed by atoms with Crippen LogP contribution in [0, 0.1) is 13.8 Å². The van der Waals surface area contributed by atoms with E-state index in [0.717, 1.165) is 28.2 Å². The van der Waals surface area contributed by atoms with Gasteiger partial charge in [-0.15, -0.1) is 0 Å². The lowest BCUT2D eigenvalue weighted by Gasteiger charge is -2.08. The van der Waals surface area contributed by atoms with E-state index in [1.54, 1.807) is 12.4 Å². The van der Waals surface area contributed by atoms with Gasteiger partial charge in [0.1, 0.15) is 0 Å². The van der Waals surface area contributed by atoms with Crippen molar-refractivity contribution in [1.82, 2.24) is 25.4 Å². The number of rotatable bonds is 5. The summed E-state index contributed by atoms with van der Waals surface area (Å²) < 4.78 is 1.90. The molecule has 2 aromatic heterocycles. The van der Waals surface area contributed by atoms with Crippen molar-refractivity contribution in [2.24, 2.45) is 0 Å². The predicted octanol–water partition coefficient (Wildman–Crippen LogP) is 2.88. The van der Waals surface area contributed by atoms with Gasteiger partial charge in [-0.25, -0.2) is 9.48 Å². The number of nitrogens with one attached hydrogen (secondary N) is 2. The number of carbonyl (C=O) groups excluding carboxylic acids is 1. The maximum absolute atomic E-state index is 12.0. The van der Waals surface area contributed by atoms with E-state index in [1.807, 2.05) is 61.0 Å². The zero-order valence-electron chi connectivity index (χ0n) is 14.4. The van der Waals surface area contributed by atoms with Crippen LogP contribution in [0.4, 0.5) is 4.79 Å². The average Bonchev–Trinajstić information content (AvgIpc) is 2.94. The number of aryl methyl sites for hydroxylation is 1. The average molecular weight is 335 g/mol. The van der Waals surface area contributed by atoms with Gasteiger partial charge in [-0.2, -0.15) is 5.10 Å². The van der Waals surface area contributed by atoms with E-state index in [-0.39, 0.29) is 6.03 Å². The minimum absolute atomic E-state index is 0.205. The maximum atomic E-state index is 12.0. The van der Waals surface area contributed by atoms with Gasteiger partial charge >= 0.3 is 6.03 Å². The number of hydrogen-bond acceptors (Lipinski definition) is 3. The number of aromatic nitrogens is 3. The van der Waals surface area contributed by atoms with Crippen LogP contribution >= 0.6 is 0 Å². The van der Waals surface area contributed by atoms with Crippen LogP contribution in [0.5, 0.6) is 0 Å². The van der Waals surface area contributed by atoms with Gasteiger partial charge in [0, 0.05) is 36.7 Å². The second kappa shape index (κ2) is 7.61. The van der Waals surface area contributed by atoms with Crippen molar-refractivity contribution in [3.63, 3.8) is 0 Å². The summed E-state index contributed by atoms with van der Waals surface area (Å²) in [5.41, 5.74) is 4.99. The Kier molecular flexibility index (Phi) is 5.09. The van der Waals surface area contributed by atoms with Gasteiger partial charge < -0.3 is 10.6 Å². The quantitative estimate of drug-likeness (QED) is 0.753. The molecule has 2 heterocycles. The molecule has 1 aromatic carbocycles. The highest BCUT2D eigenvalue weighted by molar-refractivity contribution is 5.73. The zero-order valence-corrected chi connectivity index (χ0v) is 14.4. The third-order valence-corrected chi connectivity index (χ3v) is 4.07. The first kappa shape index (κ1) is 16.7. The van der Waals surface area contributed by atoms with E-state index in [9.17, 15) is 4.79 Å². The number of amides is 2. The molecule has 3 rings (SSSR count). The zero-order chi connectivity index (χ0) is 17.6. The number of nitrogens with zero attached hydrogens (tertiary/aromatic N) is 3. The molecule has 0 fully saturated rings. The smallest absolute Gasteiger partial charge is 0.315 e. The van der Waals surface area contributed by atoms with Gasteiger partial charge in [-0.3, -0.25) is 4.98 Å². The van der Waals surface area contributed by atoms with Crippen molar-refractivity contribution in [3.05, 3.63) is 77.4 Å². The summed E-state index contributed by atoms with van der Waals surface area (Å²) in [7, 11) is 0. The molecule has 0 bridgehead atoms. The van der Waals surface area contributed by atoms with Crippen LogP contribution in [0.2, 0.25) is 0 Å². The van der Waals surface area contributed by atoms with Gasteiger partial charge in [-0.05, 0) is 43.7 Å². The van der Waals surface area contributed by atoms with Gasteiger partial charge in [0.2, 0.25) is 0 Å². The van der Waals surface area contributed by atoms with Gasteiger partial charge in [-0.1, -0.05) is 18.2 Å². The number of benzene rings is 1. The van der Waals surface area contributed by atoms with E-state index in [1.165, 1.54) is 0 Å². The summed E-state index contributed by atoms with van der Waals surface area (Å²) in [6, 6.07) is 13.5. The van der Waals surface area contributed by atoms with Crippen LogP contribution in [0.1, 0.15) is 22.5 Å². The van der Waals surface area contributed by atoms with Crippen molar-refractivity contribution in [3.8, 4) is 5.69 Å². The first-order chi connectivity index (χ1) is 12.1. The Bertz CT molecular complexity index is 843. The molecule has 3 aromatic rings. The molecular formula is C19H21N5O. The molecule has 6 nitrogen and oxygen atoms in total. The fourth-order valence-electron chi connectivity index (χ4n) is 2.67. The summed E-state index contributed by atoms with van der Waals surface area (Å²) in [6.07, 6.45) is 3.42. The first-order valence-corrected chi connectivity index (χ1v) is 8.16. The van der Waals surface area contributed by atoms with Crippen molar-refractivity contribution in [2.45, 2.75) is 26.9 Å². The van der Waals surface area contributed by atoms with E-state index in [0.29, 0.717) is 13.1 Å². The van der Waals surface area contributed by atoms with Gasteiger partial charge in [0.05, 0.1) is 11.4 Å². The van der Waals surface area contributed by atoms with E-state index in [4.69, 9.17) is 0 Å². The minimum Gasteiger partial charge on any atom is -0.334 e. The van der Waals surface area contributed by atoms with Crippen molar-refractivity contribution >= 4 is 6.03 Å². The van der Waals surface area contributed by atoms with Gasteiger partial charge in [0.25, 0.3) is 0 Å². The molecule has 0 aliphatic rings. The Morgan fingerprint density at radius 2 is 1.68 bits per heavy atom. The van der Waals surface area contributed by atoms with E-state index < -0.39 is 0 Å². The van der Waals surface area contributed by atoms with E-state index >= 15 is 0 Å². The molecule has 0 aliphatic heterocycles. The van der Waals surface area contributed by atoms with Crippen LogP contribution in [0.15, 0.2) is 54.9 Å². The fraction of sp³-hybridized carbons (Fsp3) is 0.211. The lowest BCUT2D eigenvalue weighted by molar-refractivity contribution is 0.240. The molecule has 0 spiro atoms. The van der Waals surface area contributed by atoms with E-state index in [2.05, 4.69) is 20.7 Å². The largest absolute Gasteiger partial charge is 0.334 e. The first-order valence-electron chi connectivity index (χ1n) is 8.16. The van der Waals surface area contributed by atoms with Crippen LogP contribution in [-0.2, 0) is 13.1 Å². The third kappa shape index (κ3) is 4.03. The highest BCUT2D eigenvalue weighted by Crippen LogP contribution is 2.17. The lowest BCUT2D eigenvalue weighted by atomic mass is 10.2. The van der Waals surface area contributed by atoms with Gasteiger partial charge in [0.15, 0.2) is 0 Å². The molecule has 0 saturated carbocycles. The molecule has 0 aliphatic carbocycles. The molecular weight excluding hydrogens is 314 g/mol. The second-order valence-electron chi connectivity index (χ2n) is 5.79. The Balaban J connectivity index is 1.61. The molecule has 0 atom stereocenters. The Labute approximate surface area is 146 Å². The summed E-state index contributed by atoms with van der Waals surface area (Å²) in [4.78, 5) is 16.0. The molecule has 128 valence electrons. The number of para-hydroxylation sites is 1. The molecule has 0 radical (unpaired) electrons. The number of pyridine rings is 1. The van der Waals surface area contributed by atoms with Crippen LogP contribution in [0.3, 0.4) is 0 Å². The van der Waals surface area contributed by atoms with Crippen LogP contribution < -0.4 is 10.6 Å². The lowest BCUT2D eigenvalue weighted by Crippen LogP contribution is -2.34. The second-order valence-corrected chi connectivity index (χ2v) is 5.79. The number of carbonyl (C=O) groups is 1. The predicted molar refractivity (Wildman–Crippen MR) is 96.4 cm³/mol.